The maximum absolute atomic E-state index is 13.3. The third kappa shape index (κ3) is 4.65. The molecule has 1 amide bonds. The number of methoxy groups -OCH3 is 1. The fraction of sp³-hybridized carbons (Fsp3) is 0.346. The number of halogens is 1. The number of hydrogen-bond acceptors (Lipinski definition) is 6. The summed E-state index contributed by atoms with van der Waals surface area (Å²) in [6.07, 6.45) is 1.29. The zero-order chi connectivity index (χ0) is 23.5. The molecular formula is C26H27BrN4O3. The molecule has 0 aliphatic carbocycles. The van der Waals surface area contributed by atoms with E-state index in [1.54, 1.807) is 7.11 Å². The van der Waals surface area contributed by atoms with Crippen molar-refractivity contribution in [1.82, 2.24) is 14.9 Å². The van der Waals surface area contributed by atoms with Crippen LogP contribution in [-0.4, -0.2) is 60.7 Å². The van der Waals surface area contributed by atoms with Gasteiger partial charge in [0.15, 0.2) is 0 Å². The lowest BCUT2D eigenvalue weighted by molar-refractivity contribution is 0.0732. The van der Waals surface area contributed by atoms with Crippen molar-refractivity contribution in [2.45, 2.75) is 19.4 Å². The van der Waals surface area contributed by atoms with Crippen LogP contribution in [0, 0.1) is 0 Å². The number of aromatic nitrogens is 2. The first-order chi connectivity index (χ1) is 16.6. The Kier molecular flexibility index (Phi) is 6.78. The molecule has 0 unspecified atom stereocenters. The Bertz CT molecular complexity index is 1200. The monoisotopic (exact) mass is 522 g/mol. The van der Waals surface area contributed by atoms with Gasteiger partial charge in [-0.2, -0.15) is 0 Å². The fourth-order valence-corrected chi connectivity index (χ4v) is 5.01. The van der Waals surface area contributed by atoms with Gasteiger partial charge in [-0.05, 0) is 34.1 Å². The molecule has 0 atom stereocenters. The van der Waals surface area contributed by atoms with E-state index < -0.39 is 0 Å². The average Bonchev–Trinajstić information content (AvgIpc) is 2.88. The highest BCUT2D eigenvalue weighted by Gasteiger charge is 2.29. The maximum Gasteiger partial charge on any atom is 0.255 e. The van der Waals surface area contributed by atoms with E-state index in [-0.39, 0.29) is 5.91 Å². The molecule has 0 bridgehead atoms. The quantitative estimate of drug-likeness (QED) is 0.506. The number of hydrogen-bond donors (Lipinski definition) is 0. The zero-order valence-corrected chi connectivity index (χ0v) is 20.8. The Morgan fingerprint density at radius 1 is 1.06 bits per heavy atom. The second-order valence-corrected chi connectivity index (χ2v) is 9.29. The lowest BCUT2D eigenvalue weighted by Crippen LogP contribution is -2.41. The van der Waals surface area contributed by atoms with Gasteiger partial charge in [-0.15, -0.1) is 0 Å². The van der Waals surface area contributed by atoms with Crippen molar-refractivity contribution in [1.29, 1.82) is 0 Å². The summed E-state index contributed by atoms with van der Waals surface area (Å²) in [6.45, 7) is 4.00. The second-order valence-electron chi connectivity index (χ2n) is 8.43. The van der Waals surface area contributed by atoms with Gasteiger partial charge in [0.05, 0.1) is 38.1 Å². The van der Waals surface area contributed by atoms with Crippen LogP contribution in [0.3, 0.4) is 0 Å². The summed E-state index contributed by atoms with van der Waals surface area (Å²) in [7, 11) is 1.68. The number of anilines is 1. The molecule has 7 nitrogen and oxygen atoms in total. The van der Waals surface area contributed by atoms with Gasteiger partial charge in [0.25, 0.3) is 5.91 Å². The van der Waals surface area contributed by atoms with Crippen LogP contribution in [0.4, 0.5) is 5.82 Å². The van der Waals surface area contributed by atoms with E-state index in [9.17, 15) is 4.79 Å². The second kappa shape index (κ2) is 10.1. The molecule has 0 radical (unpaired) electrons. The molecule has 0 spiro atoms. The number of carbonyl (C=O) groups is 1. The van der Waals surface area contributed by atoms with Crippen molar-refractivity contribution in [3.8, 4) is 5.75 Å². The summed E-state index contributed by atoms with van der Waals surface area (Å²) in [6, 6.07) is 15.5. The molecule has 1 saturated heterocycles. The third-order valence-corrected chi connectivity index (χ3v) is 7.02. The molecule has 2 aromatic carbocycles. The van der Waals surface area contributed by atoms with E-state index in [2.05, 4.69) is 20.8 Å². The highest BCUT2D eigenvalue weighted by molar-refractivity contribution is 9.10. The molecule has 1 aromatic heterocycles. The molecule has 2 aliphatic heterocycles. The van der Waals surface area contributed by atoms with Crippen LogP contribution in [0.2, 0.25) is 0 Å². The highest BCUT2D eigenvalue weighted by atomic mass is 79.9. The number of ether oxygens (including phenoxy) is 2. The Balaban J connectivity index is 1.49. The van der Waals surface area contributed by atoms with Gasteiger partial charge in [-0.25, -0.2) is 9.97 Å². The smallest absolute Gasteiger partial charge is 0.255 e. The molecule has 34 heavy (non-hydrogen) atoms. The summed E-state index contributed by atoms with van der Waals surface area (Å²) >= 11 is 3.52. The summed E-state index contributed by atoms with van der Waals surface area (Å²) in [4.78, 5) is 27.4. The number of benzene rings is 2. The number of rotatable bonds is 5. The maximum atomic E-state index is 13.3. The van der Waals surface area contributed by atoms with Crippen molar-refractivity contribution in [3.63, 3.8) is 0 Å². The Labute approximate surface area is 207 Å². The largest absolute Gasteiger partial charge is 0.496 e. The molecule has 0 saturated carbocycles. The molecule has 8 heteroatoms. The predicted molar refractivity (Wildman–Crippen MR) is 133 cm³/mol. The van der Waals surface area contributed by atoms with Crippen LogP contribution in [-0.2, 0) is 24.1 Å². The minimum absolute atomic E-state index is 0.0177. The van der Waals surface area contributed by atoms with Gasteiger partial charge in [-0.3, -0.25) is 4.79 Å². The van der Waals surface area contributed by atoms with Crippen LogP contribution in [0.15, 0.2) is 53.0 Å². The van der Waals surface area contributed by atoms with Gasteiger partial charge in [0.2, 0.25) is 0 Å². The summed E-state index contributed by atoms with van der Waals surface area (Å²) in [5.41, 5.74) is 3.79. The first-order valence-corrected chi connectivity index (χ1v) is 12.3. The first kappa shape index (κ1) is 22.8. The van der Waals surface area contributed by atoms with Gasteiger partial charge < -0.3 is 19.3 Å². The summed E-state index contributed by atoms with van der Waals surface area (Å²) in [5.74, 6) is 2.55. The molecule has 176 valence electrons. The average molecular weight is 523 g/mol. The van der Waals surface area contributed by atoms with E-state index in [0.717, 1.165) is 51.8 Å². The van der Waals surface area contributed by atoms with Crippen LogP contribution in [0.1, 0.15) is 33.0 Å². The highest BCUT2D eigenvalue weighted by Crippen LogP contribution is 2.30. The zero-order valence-electron chi connectivity index (χ0n) is 19.2. The number of morpholine rings is 1. The van der Waals surface area contributed by atoms with E-state index in [4.69, 9.17) is 19.4 Å². The number of amides is 1. The van der Waals surface area contributed by atoms with Gasteiger partial charge in [0, 0.05) is 48.1 Å². The molecule has 1 fully saturated rings. The van der Waals surface area contributed by atoms with Crippen molar-refractivity contribution >= 4 is 27.7 Å². The van der Waals surface area contributed by atoms with Gasteiger partial charge in [-0.1, -0.05) is 30.3 Å². The molecular weight excluding hydrogens is 496 g/mol. The van der Waals surface area contributed by atoms with Crippen molar-refractivity contribution < 1.29 is 14.3 Å². The third-order valence-electron chi connectivity index (χ3n) is 6.33. The lowest BCUT2D eigenvalue weighted by atomic mass is 10.0. The van der Waals surface area contributed by atoms with Crippen molar-refractivity contribution in [2.75, 3.05) is 44.9 Å². The number of para-hydroxylation sites is 1. The molecule has 5 rings (SSSR count). The number of nitrogens with zero attached hydrogens (tertiary/aromatic N) is 4. The Hall–Kier alpha value is -2.97. The van der Waals surface area contributed by atoms with Crippen LogP contribution >= 0.6 is 15.9 Å². The van der Waals surface area contributed by atoms with E-state index in [1.165, 1.54) is 0 Å². The van der Waals surface area contributed by atoms with Gasteiger partial charge >= 0.3 is 0 Å². The number of carbonyl (C=O) groups excluding carboxylic acids is 1. The summed E-state index contributed by atoms with van der Waals surface area (Å²) in [5, 5.41) is 0. The normalized spacial score (nSPS) is 15.7. The minimum atomic E-state index is 0.0177. The van der Waals surface area contributed by atoms with Crippen molar-refractivity contribution in [3.05, 3.63) is 81.2 Å². The molecule has 2 aliphatic rings. The van der Waals surface area contributed by atoms with E-state index in [0.29, 0.717) is 44.7 Å². The van der Waals surface area contributed by atoms with Crippen LogP contribution in [0.25, 0.3) is 0 Å². The fourth-order valence-electron chi connectivity index (χ4n) is 4.56. The first-order valence-electron chi connectivity index (χ1n) is 11.5. The Morgan fingerprint density at radius 3 is 2.62 bits per heavy atom. The van der Waals surface area contributed by atoms with Crippen LogP contribution in [0.5, 0.6) is 5.75 Å². The van der Waals surface area contributed by atoms with E-state index in [1.807, 2.05) is 53.4 Å². The van der Waals surface area contributed by atoms with Crippen LogP contribution < -0.4 is 9.64 Å². The minimum Gasteiger partial charge on any atom is -0.496 e. The van der Waals surface area contributed by atoms with E-state index >= 15 is 0 Å². The molecule has 3 aromatic rings. The molecule has 3 heterocycles. The molecule has 0 N–H and O–H groups in total. The van der Waals surface area contributed by atoms with Crippen molar-refractivity contribution in [2.24, 2.45) is 0 Å². The Morgan fingerprint density at radius 2 is 1.82 bits per heavy atom. The number of fused-ring (bicyclic) bond motifs is 1. The summed E-state index contributed by atoms with van der Waals surface area (Å²) < 4.78 is 11.9. The van der Waals surface area contributed by atoms with Gasteiger partial charge in [0.1, 0.15) is 17.4 Å². The topological polar surface area (TPSA) is 67.8 Å². The standard InChI is InChI=1S/C26H27BrN4O3/c1-33-23-9-5-2-6-18(23)16-24-28-22-10-11-31(26(32)19-7-3-4-8-21(19)27)17-20(22)25(29-24)30-12-14-34-15-13-30/h2-9H,10-17H2,1H3. The lowest BCUT2D eigenvalue weighted by Gasteiger charge is -2.34. The SMILES string of the molecule is COc1ccccc1Cc1nc2c(c(N3CCOCC3)n1)CN(C(=O)c1ccccc1Br)CC2. The predicted octanol–water partition coefficient (Wildman–Crippen LogP) is 3.87.